The first-order chi connectivity index (χ1) is 13.3. The van der Waals surface area contributed by atoms with Crippen LogP contribution >= 0.6 is 0 Å². The van der Waals surface area contributed by atoms with Gasteiger partial charge in [0.15, 0.2) is 14.9 Å². The SMILES string of the molecule is CS(=O)(=O)c1ccc(-c2cccc(NC(=O)c3ccccc3[N+](=O)[O-])c2)nn1. The molecule has 3 rings (SSSR count). The van der Waals surface area contributed by atoms with Crippen molar-refractivity contribution in [2.75, 3.05) is 11.6 Å². The number of aromatic nitrogens is 2. The molecule has 0 unspecified atom stereocenters. The van der Waals surface area contributed by atoms with Gasteiger partial charge in [-0.3, -0.25) is 14.9 Å². The van der Waals surface area contributed by atoms with E-state index in [9.17, 15) is 23.3 Å². The molecule has 0 aliphatic rings. The Morgan fingerprint density at radius 1 is 1.04 bits per heavy atom. The van der Waals surface area contributed by atoms with Crippen LogP contribution in [0.1, 0.15) is 10.4 Å². The fourth-order valence-electron chi connectivity index (χ4n) is 2.45. The van der Waals surface area contributed by atoms with Gasteiger partial charge in [0.1, 0.15) is 5.56 Å². The van der Waals surface area contributed by atoms with Gasteiger partial charge in [-0.05, 0) is 30.3 Å². The number of sulfone groups is 1. The average Bonchev–Trinajstić information content (AvgIpc) is 2.67. The molecule has 0 fully saturated rings. The summed E-state index contributed by atoms with van der Waals surface area (Å²) >= 11 is 0. The third kappa shape index (κ3) is 4.18. The molecular formula is C18H14N4O5S. The third-order valence-electron chi connectivity index (χ3n) is 3.78. The first-order valence-corrected chi connectivity index (χ1v) is 9.84. The number of anilines is 1. The van der Waals surface area contributed by atoms with Crippen molar-refractivity contribution in [3.8, 4) is 11.3 Å². The van der Waals surface area contributed by atoms with Gasteiger partial charge in [0.05, 0.1) is 10.6 Å². The number of rotatable bonds is 5. The van der Waals surface area contributed by atoms with Crippen molar-refractivity contribution in [3.63, 3.8) is 0 Å². The lowest BCUT2D eigenvalue weighted by atomic mass is 10.1. The third-order valence-corrected chi connectivity index (χ3v) is 4.76. The van der Waals surface area contributed by atoms with Crippen LogP contribution in [0.15, 0.2) is 65.7 Å². The summed E-state index contributed by atoms with van der Waals surface area (Å²) in [6.45, 7) is 0. The number of para-hydroxylation sites is 1. The fraction of sp³-hybridized carbons (Fsp3) is 0.0556. The van der Waals surface area contributed by atoms with Crippen molar-refractivity contribution in [1.29, 1.82) is 0 Å². The average molecular weight is 398 g/mol. The van der Waals surface area contributed by atoms with Crippen molar-refractivity contribution in [2.24, 2.45) is 0 Å². The summed E-state index contributed by atoms with van der Waals surface area (Å²) in [4.78, 5) is 22.9. The van der Waals surface area contributed by atoms with Crippen LogP contribution in [0.5, 0.6) is 0 Å². The Morgan fingerprint density at radius 3 is 2.43 bits per heavy atom. The summed E-state index contributed by atoms with van der Waals surface area (Å²) in [6.07, 6.45) is 1.04. The van der Waals surface area contributed by atoms with E-state index in [4.69, 9.17) is 0 Å². The zero-order valence-electron chi connectivity index (χ0n) is 14.6. The van der Waals surface area contributed by atoms with Gasteiger partial charge < -0.3 is 5.32 Å². The van der Waals surface area contributed by atoms with Gasteiger partial charge >= 0.3 is 0 Å². The second-order valence-electron chi connectivity index (χ2n) is 5.84. The van der Waals surface area contributed by atoms with Crippen molar-refractivity contribution >= 4 is 27.1 Å². The van der Waals surface area contributed by atoms with E-state index in [1.54, 1.807) is 24.3 Å². The summed E-state index contributed by atoms with van der Waals surface area (Å²) in [6, 6.07) is 15.1. The first-order valence-electron chi connectivity index (χ1n) is 7.95. The predicted molar refractivity (Wildman–Crippen MR) is 102 cm³/mol. The van der Waals surface area contributed by atoms with E-state index in [2.05, 4.69) is 15.5 Å². The highest BCUT2D eigenvalue weighted by molar-refractivity contribution is 7.90. The van der Waals surface area contributed by atoms with Gasteiger partial charge in [0, 0.05) is 23.6 Å². The van der Waals surface area contributed by atoms with Gasteiger partial charge in [0.2, 0.25) is 0 Å². The normalized spacial score (nSPS) is 11.0. The number of nitro groups is 1. The largest absolute Gasteiger partial charge is 0.322 e. The number of hydrogen-bond acceptors (Lipinski definition) is 7. The molecule has 0 bridgehead atoms. The molecule has 0 spiro atoms. The van der Waals surface area contributed by atoms with Crippen molar-refractivity contribution in [1.82, 2.24) is 10.2 Å². The molecule has 0 saturated heterocycles. The lowest BCUT2D eigenvalue weighted by Gasteiger charge is -2.08. The summed E-state index contributed by atoms with van der Waals surface area (Å²) in [7, 11) is -3.45. The molecule has 0 aliphatic heterocycles. The van der Waals surface area contributed by atoms with E-state index in [1.807, 2.05) is 0 Å². The zero-order valence-corrected chi connectivity index (χ0v) is 15.4. The maximum absolute atomic E-state index is 12.4. The van der Waals surface area contributed by atoms with Crippen LogP contribution in [0.25, 0.3) is 11.3 Å². The summed E-state index contributed by atoms with van der Waals surface area (Å²) in [5.74, 6) is -0.622. The number of benzene rings is 2. The summed E-state index contributed by atoms with van der Waals surface area (Å²) in [5, 5.41) is 21.1. The molecule has 1 N–H and O–H groups in total. The molecule has 0 saturated carbocycles. The number of carbonyl (C=O) groups excluding carboxylic acids is 1. The van der Waals surface area contributed by atoms with Crippen LogP contribution < -0.4 is 5.32 Å². The molecule has 1 amide bonds. The van der Waals surface area contributed by atoms with Crippen LogP contribution in [-0.2, 0) is 9.84 Å². The second kappa shape index (κ2) is 7.53. The summed E-state index contributed by atoms with van der Waals surface area (Å²) < 4.78 is 22.9. The Kier molecular flexibility index (Phi) is 5.14. The van der Waals surface area contributed by atoms with Crippen LogP contribution in [0.2, 0.25) is 0 Å². The smallest absolute Gasteiger partial charge is 0.282 e. The fourth-order valence-corrected chi connectivity index (χ4v) is 2.96. The quantitative estimate of drug-likeness (QED) is 0.516. The van der Waals surface area contributed by atoms with Crippen molar-refractivity contribution < 1.29 is 18.1 Å². The van der Waals surface area contributed by atoms with Gasteiger partial charge in [0.25, 0.3) is 11.6 Å². The number of nitrogens with zero attached hydrogens (tertiary/aromatic N) is 3. The van der Waals surface area contributed by atoms with Gasteiger partial charge in [-0.2, -0.15) is 0 Å². The molecule has 1 heterocycles. The Morgan fingerprint density at radius 2 is 1.79 bits per heavy atom. The molecule has 0 aliphatic carbocycles. The second-order valence-corrected chi connectivity index (χ2v) is 7.80. The van der Waals surface area contributed by atoms with Crippen molar-refractivity contribution in [2.45, 2.75) is 5.03 Å². The number of nitro benzene ring substituents is 1. The Labute approximate surface area is 160 Å². The summed E-state index contributed by atoms with van der Waals surface area (Å²) in [5.41, 5.74) is 1.05. The van der Waals surface area contributed by atoms with E-state index < -0.39 is 20.7 Å². The Bertz CT molecular complexity index is 1160. The Balaban J connectivity index is 1.86. The topological polar surface area (TPSA) is 132 Å². The molecule has 3 aromatic rings. The molecular weight excluding hydrogens is 384 g/mol. The van der Waals surface area contributed by atoms with E-state index >= 15 is 0 Å². The molecule has 10 heteroatoms. The van der Waals surface area contributed by atoms with Gasteiger partial charge in [-0.25, -0.2) is 8.42 Å². The minimum atomic E-state index is -3.45. The number of nitrogens with one attached hydrogen (secondary N) is 1. The molecule has 0 atom stereocenters. The van der Waals surface area contributed by atoms with E-state index in [0.29, 0.717) is 16.9 Å². The van der Waals surface area contributed by atoms with Crippen LogP contribution in [0.4, 0.5) is 11.4 Å². The maximum Gasteiger partial charge on any atom is 0.282 e. The standard InChI is InChI=1S/C18H14N4O5S/c1-28(26,27)17-10-9-15(20-21-17)12-5-4-6-13(11-12)19-18(23)14-7-2-3-8-16(14)22(24)25/h2-11H,1H3,(H,19,23). The highest BCUT2D eigenvalue weighted by atomic mass is 32.2. The Hall–Kier alpha value is -3.66. The minimum absolute atomic E-state index is 0.0600. The van der Waals surface area contributed by atoms with Crippen LogP contribution in [0.3, 0.4) is 0 Å². The predicted octanol–water partition coefficient (Wildman–Crippen LogP) is 2.71. The van der Waals surface area contributed by atoms with Crippen LogP contribution in [-0.4, -0.2) is 35.7 Å². The molecule has 9 nitrogen and oxygen atoms in total. The molecule has 0 radical (unpaired) electrons. The molecule has 1 aromatic heterocycles. The highest BCUT2D eigenvalue weighted by Gasteiger charge is 2.19. The van der Waals surface area contributed by atoms with E-state index in [0.717, 1.165) is 6.26 Å². The first kappa shape index (κ1) is 19.1. The maximum atomic E-state index is 12.4. The number of carbonyl (C=O) groups is 1. The lowest BCUT2D eigenvalue weighted by Crippen LogP contribution is -2.13. The van der Waals surface area contributed by atoms with Crippen molar-refractivity contribution in [3.05, 3.63) is 76.3 Å². The van der Waals surface area contributed by atoms with Gasteiger partial charge in [-0.1, -0.05) is 24.3 Å². The van der Waals surface area contributed by atoms with Gasteiger partial charge in [-0.15, -0.1) is 10.2 Å². The number of hydrogen-bond donors (Lipinski definition) is 1. The minimum Gasteiger partial charge on any atom is -0.322 e. The lowest BCUT2D eigenvalue weighted by molar-refractivity contribution is -0.385. The monoisotopic (exact) mass is 398 g/mol. The van der Waals surface area contributed by atoms with E-state index in [-0.39, 0.29) is 16.3 Å². The highest BCUT2D eigenvalue weighted by Crippen LogP contribution is 2.23. The van der Waals surface area contributed by atoms with Crippen LogP contribution in [0, 0.1) is 10.1 Å². The molecule has 28 heavy (non-hydrogen) atoms. The van der Waals surface area contributed by atoms with E-state index in [1.165, 1.54) is 36.4 Å². The molecule has 2 aromatic carbocycles. The zero-order chi connectivity index (χ0) is 20.3. The molecule has 142 valence electrons. The number of amides is 1.